The quantitative estimate of drug-likeness (QED) is 0.667. The Balaban J connectivity index is 2.14. The van der Waals surface area contributed by atoms with Crippen molar-refractivity contribution in [3.63, 3.8) is 0 Å². The van der Waals surface area contributed by atoms with Crippen LogP contribution in [0.5, 0.6) is 0 Å². The van der Waals surface area contributed by atoms with Crippen LogP contribution in [0, 0.1) is 17.5 Å². The van der Waals surface area contributed by atoms with Gasteiger partial charge in [0.2, 0.25) is 0 Å². The Hall–Kier alpha value is -3.09. The largest absolute Gasteiger partial charge is 0.461 e. The smallest absolute Gasteiger partial charge is 0.359 e. The van der Waals surface area contributed by atoms with Gasteiger partial charge in [0.25, 0.3) is 0 Å². The van der Waals surface area contributed by atoms with Crippen LogP contribution in [-0.2, 0) is 4.74 Å². The first-order chi connectivity index (χ1) is 12.0. The van der Waals surface area contributed by atoms with Crippen LogP contribution >= 0.6 is 0 Å². The third kappa shape index (κ3) is 3.55. The molecule has 0 unspecified atom stereocenters. The number of rotatable bonds is 4. The molecule has 0 N–H and O–H groups in total. The van der Waals surface area contributed by atoms with E-state index in [0.29, 0.717) is 11.1 Å². The minimum absolute atomic E-state index is 0.0295. The number of esters is 1. The third-order valence-electron chi connectivity index (χ3n) is 3.45. The van der Waals surface area contributed by atoms with Crippen LogP contribution in [-0.4, -0.2) is 22.4 Å². The number of nitrogens with zero attached hydrogens (tertiary/aromatic N) is 2. The Morgan fingerprint density at radius 2 is 1.68 bits per heavy atom. The van der Waals surface area contributed by atoms with Gasteiger partial charge in [0, 0.05) is 17.8 Å². The average molecular weight is 346 g/mol. The maximum atomic E-state index is 13.5. The number of carbonyl (C=O) groups is 1. The van der Waals surface area contributed by atoms with Crippen molar-refractivity contribution in [3.8, 4) is 16.8 Å². The van der Waals surface area contributed by atoms with E-state index in [1.54, 1.807) is 6.92 Å². The number of ether oxygens (including phenoxy) is 1. The normalized spacial score (nSPS) is 10.7. The molecule has 2 aromatic carbocycles. The summed E-state index contributed by atoms with van der Waals surface area (Å²) in [7, 11) is 0. The minimum atomic E-state index is -0.772. The lowest BCUT2D eigenvalue weighted by Gasteiger charge is -2.02. The van der Waals surface area contributed by atoms with Gasteiger partial charge in [0.05, 0.1) is 12.3 Å². The Bertz CT molecular complexity index is 900. The fraction of sp³-hybridized carbons (Fsp3) is 0.111. The molecular formula is C18H13F3N2O2. The van der Waals surface area contributed by atoms with Gasteiger partial charge in [-0.05, 0) is 36.8 Å². The van der Waals surface area contributed by atoms with E-state index < -0.39 is 23.4 Å². The Labute approximate surface area is 141 Å². The highest BCUT2D eigenvalue weighted by molar-refractivity contribution is 5.95. The molecule has 128 valence electrons. The van der Waals surface area contributed by atoms with Crippen LogP contribution < -0.4 is 0 Å². The summed E-state index contributed by atoms with van der Waals surface area (Å²) >= 11 is 0. The van der Waals surface area contributed by atoms with E-state index in [1.807, 2.05) is 0 Å². The molecule has 1 aromatic heterocycles. The maximum Gasteiger partial charge on any atom is 0.359 e. The molecule has 3 rings (SSSR count). The van der Waals surface area contributed by atoms with Crippen LogP contribution in [0.15, 0.2) is 48.7 Å². The van der Waals surface area contributed by atoms with Gasteiger partial charge in [0.15, 0.2) is 5.69 Å². The van der Waals surface area contributed by atoms with Crippen LogP contribution in [0.1, 0.15) is 17.4 Å². The molecule has 0 saturated carbocycles. The molecule has 25 heavy (non-hydrogen) atoms. The molecule has 0 saturated heterocycles. The fourth-order valence-corrected chi connectivity index (χ4v) is 2.37. The topological polar surface area (TPSA) is 44.1 Å². The summed E-state index contributed by atoms with van der Waals surface area (Å²) in [4.78, 5) is 12.2. The van der Waals surface area contributed by atoms with Gasteiger partial charge >= 0.3 is 5.97 Å². The van der Waals surface area contributed by atoms with Crippen molar-refractivity contribution in [2.45, 2.75) is 6.92 Å². The second-order valence-corrected chi connectivity index (χ2v) is 5.19. The highest BCUT2D eigenvalue weighted by atomic mass is 19.1. The van der Waals surface area contributed by atoms with Gasteiger partial charge in [-0.3, -0.25) is 0 Å². The Morgan fingerprint density at radius 1 is 1.04 bits per heavy atom. The molecule has 0 amide bonds. The highest BCUT2D eigenvalue weighted by Gasteiger charge is 2.20. The monoisotopic (exact) mass is 346 g/mol. The first kappa shape index (κ1) is 16.8. The molecule has 0 spiro atoms. The van der Waals surface area contributed by atoms with E-state index in [0.717, 1.165) is 18.2 Å². The first-order valence-electron chi connectivity index (χ1n) is 7.47. The third-order valence-corrected chi connectivity index (χ3v) is 3.45. The summed E-state index contributed by atoms with van der Waals surface area (Å²) in [6.07, 6.45) is 1.44. The average Bonchev–Trinajstić information content (AvgIpc) is 3.00. The second-order valence-electron chi connectivity index (χ2n) is 5.19. The molecule has 7 heteroatoms. The van der Waals surface area contributed by atoms with Crippen molar-refractivity contribution in [2.75, 3.05) is 6.61 Å². The maximum absolute atomic E-state index is 13.5. The van der Waals surface area contributed by atoms with Gasteiger partial charge in [-0.25, -0.2) is 22.6 Å². The van der Waals surface area contributed by atoms with Gasteiger partial charge in [-0.15, -0.1) is 0 Å². The summed E-state index contributed by atoms with van der Waals surface area (Å²) < 4.78 is 46.2. The van der Waals surface area contributed by atoms with Crippen LogP contribution in [0.4, 0.5) is 13.2 Å². The van der Waals surface area contributed by atoms with Gasteiger partial charge in [-0.1, -0.05) is 12.1 Å². The summed E-state index contributed by atoms with van der Waals surface area (Å²) in [5.74, 6) is -2.66. The van der Waals surface area contributed by atoms with Crippen molar-refractivity contribution < 1.29 is 22.7 Å². The van der Waals surface area contributed by atoms with Crippen LogP contribution in [0.3, 0.4) is 0 Å². The van der Waals surface area contributed by atoms with E-state index in [9.17, 15) is 18.0 Å². The molecule has 0 aliphatic carbocycles. The lowest BCUT2D eigenvalue weighted by molar-refractivity contribution is 0.0520. The van der Waals surface area contributed by atoms with E-state index in [4.69, 9.17) is 4.74 Å². The van der Waals surface area contributed by atoms with Crippen molar-refractivity contribution in [1.29, 1.82) is 0 Å². The Kier molecular flexibility index (Phi) is 4.56. The number of benzene rings is 2. The summed E-state index contributed by atoms with van der Waals surface area (Å²) in [6.45, 7) is 1.79. The molecule has 3 aromatic rings. The van der Waals surface area contributed by atoms with Gasteiger partial charge in [-0.2, -0.15) is 5.10 Å². The first-order valence-corrected chi connectivity index (χ1v) is 7.47. The number of carbonyl (C=O) groups excluding carboxylic acids is 1. The molecule has 4 nitrogen and oxygen atoms in total. The lowest BCUT2D eigenvalue weighted by atomic mass is 10.1. The molecule has 0 bridgehead atoms. The number of aromatic nitrogens is 2. The second kappa shape index (κ2) is 6.80. The zero-order valence-electron chi connectivity index (χ0n) is 13.2. The lowest BCUT2D eigenvalue weighted by Crippen LogP contribution is -2.08. The van der Waals surface area contributed by atoms with Gasteiger partial charge < -0.3 is 4.74 Å². The highest BCUT2D eigenvalue weighted by Crippen LogP contribution is 2.26. The van der Waals surface area contributed by atoms with Crippen molar-refractivity contribution in [1.82, 2.24) is 9.78 Å². The van der Waals surface area contributed by atoms with E-state index in [-0.39, 0.29) is 18.0 Å². The molecule has 0 aliphatic heterocycles. The molecule has 0 atom stereocenters. The number of halogens is 3. The van der Waals surface area contributed by atoms with Crippen LogP contribution in [0.2, 0.25) is 0 Å². The predicted octanol–water partition coefficient (Wildman–Crippen LogP) is 4.13. The number of hydrogen-bond donors (Lipinski definition) is 0. The zero-order chi connectivity index (χ0) is 18.0. The molecule has 0 radical (unpaired) electrons. The van der Waals surface area contributed by atoms with Crippen LogP contribution in [0.25, 0.3) is 16.8 Å². The molecule has 0 aliphatic rings. The number of hydrogen-bond acceptors (Lipinski definition) is 3. The summed E-state index contributed by atoms with van der Waals surface area (Å²) in [6, 6.07) is 8.34. The molecular weight excluding hydrogens is 333 g/mol. The SMILES string of the molecule is CCOC(=O)c1nn(-c2cc(F)cc(F)c2)cc1-c1ccc(F)cc1. The van der Waals surface area contributed by atoms with Crippen molar-refractivity contribution in [2.24, 2.45) is 0 Å². The summed E-state index contributed by atoms with van der Waals surface area (Å²) in [5, 5.41) is 4.10. The zero-order valence-corrected chi connectivity index (χ0v) is 13.2. The standard InChI is InChI=1S/C18H13F3N2O2/c1-2-25-18(24)17-16(11-3-5-12(19)6-4-11)10-23(22-17)15-8-13(20)7-14(21)9-15/h3-10H,2H2,1H3. The van der Waals surface area contributed by atoms with E-state index in [2.05, 4.69) is 5.10 Å². The fourth-order valence-electron chi connectivity index (χ4n) is 2.37. The van der Waals surface area contributed by atoms with Gasteiger partial charge in [0.1, 0.15) is 17.5 Å². The van der Waals surface area contributed by atoms with E-state index in [1.165, 1.54) is 35.1 Å². The predicted molar refractivity (Wildman–Crippen MR) is 84.8 cm³/mol. The molecule has 1 heterocycles. The van der Waals surface area contributed by atoms with Crippen molar-refractivity contribution >= 4 is 5.97 Å². The van der Waals surface area contributed by atoms with Crippen molar-refractivity contribution in [3.05, 3.63) is 71.8 Å². The summed E-state index contributed by atoms with van der Waals surface area (Å²) in [5.41, 5.74) is 0.963. The minimum Gasteiger partial charge on any atom is -0.461 e. The molecule has 0 fully saturated rings. The van der Waals surface area contributed by atoms with E-state index >= 15 is 0 Å². The Morgan fingerprint density at radius 3 is 2.28 bits per heavy atom.